The summed E-state index contributed by atoms with van der Waals surface area (Å²) in [4.78, 5) is 23.3. The van der Waals surface area contributed by atoms with Crippen LogP contribution < -0.4 is 16.4 Å². The molecular weight excluding hydrogens is 302 g/mol. The third-order valence-corrected chi connectivity index (χ3v) is 3.64. The number of halogens is 1. The highest BCUT2D eigenvalue weighted by Gasteiger charge is 2.28. The van der Waals surface area contributed by atoms with Crippen molar-refractivity contribution in [2.24, 2.45) is 11.7 Å². The second-order valence-corrected chi connectivity index (χ2v) is 5.57. The third-order valence-electron chi connectivity index (χ3n) is 3.64. The van der Waals surface area contributed by atoms with Gasteiger partial charge in [-0.25, -0.2) is 0 Å². The van der Waals surface area contributed by atoms with E-state index in [4.69, 9.17) is 5.73 Å². The molecular formula is C16H24ClN3O2. The predicted molar refractivity (Wildman–Crippen MR) is 88.7 cm³/mol. The lowest BCUT2D eigenvalue weighted by Crippen LogP contribution is -2.39. The summed E-state index contributed by atoms with van der Waals surface area (Å²) in [5, 5.41) is 5.57. The minimum atomic E-state index is -0.0660. The molecule has 0 bridgehead atoms. The summed E-state index contributed by atoms with van der Waals surface area (Å²) in [5.74, 6) is 0.450. The monoisotopic (exact) mass is 325 g/mol. The van der Waals surface area contributed by atoms with E-state index >= 15 is 0 Å². The quantitative estimate of drug-likeness (QED) is 0.667. The molecule has 1 aliphatic carbocycles. The van der Waals surface area contributed by atoms with E-state index in [1.165, 1.54) is 12.8 Å². The molecule has 5 nitrogen and oxygen atoms in total. The van der Waals surface area contributed by atoms with Crippen LogP contribution in [0.2, 0.25) is 0 Å². The molecule has 1 fully saturated rings. The predicted octanol–water partition coefficient (Wildman–Crippen LogP) is 1.01. The first-order chi connectivity index (χ1) is 10.1. The van der Waals surface area contributed by atoms with Crippen molar-refractivity contribution in [1.82, 2.24) is 10.6 Å². The van der Waals surface area contributed by atoms with Gasteiger partial charge in [-0.15, -0.1) is 12.4 Å². The molecule has 1 saturated carbocycles. The Hall–Kier alpha value is -1.59. The normalized spacial score (nSPS) is 14.6. The molecule has 4 N–H and O–H groups in total. The van der Waals surface area contributed by atoms with Crippen molar-refractivity contribution in [2.45, 2.75) is 31.7 Å². The Morgan fingerprint density at radius 2 is 1.82 bits per heavy atom. The van der Waals surface area contributed by atoms with Crippen molar-refractivity contribution >= 4 is 24.2 Å². The molecule has 6 heteroatoms. The van der Waals surface area contributed by atoms with Gasteiger partial charge in [0, 0.05) is 25.6 Å². The van der Waals surface area contributed by atoms with Crippen molar-refractivity contribution in [1.29, 1.82) is 0 Å². The fourth-order valence-electron chi connectivity index (χ4n) is 2.17. The molecule has 122 valence electrons. The van der Waals surface area contributed by atoms with Crippen LogP contribution in [0.15, 0.2) is 30.3 Å². The van der Waals surface area contributed by atoms with Gasteiger partial charge in [-0.3, -0.25) is 9.59 Å². The zero-order chi connectivity index (χ0) is 15.1. The summed E-state index contributed by atoms with van der Waals surface area (Å²) in [6, 6.07) is 9.61. The second-order valence-electron chi connectivity index (χ2n) is 5.57. The first-order valence-electron chi connectivity index (χ1n) is 7.48. The lowest BCUT2D eigenvalue weighted by molar-refractivity contribution is -0.122. The molecule has 0 aliphatic heterocycles. The maximum absolute atomic E-state index is 11.7. The van der Waals surface area contributed by atoms with E-state index < -0.39 is 0 Å². The molecule has 0 radical (unpaired) electrons. The van der Waals surface area contributed by atoms with Gasteiger partial charge in [0.05, 0.1) is 6.42 Å². The zero-order valence-corrected chi connectivity index (χ0v) is 13.4. The largest absolute Gasteiger partial charge is 0.355 e. The average molecular weight is 326 g/mol. The molecule has 1 aromatic rings. The molecule has 0 aromatic heterocycles. The van der Waals surface area contributed by atoms with Gasteiger partial charge in [0.2, 0.25) is 11.8 Å². The van der Waals surface area contributed by atoms with Gasteiger partial charge in [-0.2, -0.15) is 0 Å². The van der Waals surface area contributed by atoms with Crippen molar-refractivity contribution < 1.29 is 9.59 Å². The molecule has 0 heterocycles. The molecule has 2 amide bonds. The van der Waals surface area contributed by atoms with Crippen LogP contribution >= 0.6 is 12.4 Å². The van der Waals surface area contributed by atoms with Crippen LogP contribution in [0.25, 0.3) is 0 Å². The summed E-state index contributed by atoms with van der Waals surface area (Å²) in [6.07, 6.45) is 2.98. The van der Waals surface area contributed by atoms with E-state index in [-0.39, 0.29) is 36.7 Å². The molecule has 0 saturated heterocycles. The Kier molecular flexibility index (Phi) is 7.91. The molecule has 1 unspecified atom stereocenters. The van der Waals surface area contributed by atoms with E-state index in [2.05, 4.69) is 10.6 Å². The average Bonchev–Trinajstić information content (AvgIpc) is 3.30. The number of rotatable bonds is 8. The Bertz CT molecular complexity index is 478. The minimum Gasteiger partial charge on any atom is -0.355 e. The topological polar surface area (TPSA) is 84.2 Å². The van der Waals surface area contributed by atoms with Crippen LogP contribution in [0.3, 0.4) is 0 Å². The number of carbonyl (C=O) groups is 2. The first kappa shape index (κ1) is 18.5. The van der Waals surface area contributed by atoms with Gasteiger partial charge in [0.1, 0.15) is 0 Å². The highest BCUT2D eigenvalue weighted by atomic mass is 35.5. The molecule has 2 rings (SSSR count). The Balaban J connectivity index is 0.00000242. The fraction of sp³-hybridized carbons (Fsp3) is 0.500. The van der Waals surface area contributed by atoms with Crippen molar-refractivity contribution in [3.8, 4) is 0 Å². The SMILES string of the molecule is Cl.NC(CNC(=O)CCNC(=O)Cc1ccccc1)C1CC1. The summed E-state index contributed by atoms with van der Waals surface area (Å²) in [6.45, 7) is 0.887. The van der Waals surface area contributed by atoms with Crippen LogP contribution in [0.1, 0.15) is 24.8 Å². The van der Waals surface area contributed by atoms with E-state index in [0.29, 0.717) is 25.4 Å². The molecule has 0 spiro atoms. The van der Waals surface area contributed by atoms with Gasteiger partial charge in [0.25, 0.3) is 0 Å². The fourth-order valence-corrected chi connectivity index (χ4v) is 2.17. The summed E-state index contributed by atoms with van der Waals surface area (Å²) in [5.41, 5.74) is 6.87. The molecule has 1 atom stereocenters. The maximum Gasteiger partial charge on any atom is 0.224 e. The standard InChI is InChI=1S/C16H23N3O2.ClH/c17-14(13-6-7-13)11-19-15(20)8-9-18-16(21)10-12-4-2-1-3-5-12;/h1-5,13-14H,6-11,17H2,(H,18,21)(H,19,20);1H. The smallest absolute Gasteiger partial charge is 0.224 e. The van der Waals surface area contributed by atoms with Gasteiger partial charge in [-0.05, 0) is 24.3 Å². The highest BCUT2D eigenvalue weighted by molar-refractivity contribution is 5.85. The number of nitrogens with two attached hydrogens (primary N) is 1. The number of nitrogens with one attached hydrogen (secondary N) is 2. The van der Waals surface area contributed by atoms with E-state index in [0.717, 1.165) is 5.56 Å². The Morgan fingerprint density at radius 3 is 2.45 bits per heavy atom. The van der Waals surface area contributed by atoms with Crippen molar-refractivity contribution in [2.75, 3.05) is 13.1 Å². The second kappa shape index (κ2) is 9.43. The van der Waals surface area contributed by atoms with Gasteiger partial charge in [0.15, 0.2) is 0 Å². The maximum atomic E-state index is 11.7. The molecule has 1 aromatic carbocycles. The summed E-state index contributed by atoms with van der Waals surface area (Å²) >= 11 is 0. The van der Waals surface area contributed by atoms with Crippen LogP contribution in [0.5, 0.6) is 0 Å². The van der Waals surface area contributed by atoms with E-state index in [1.807, 2.05) is 30.3 Å². The van der Waals surface area contributed by atoms with Crippen LogP contribution in [0.4, 0.5) is 0 Å². The summed E-state index contributed by atoms with van der Waals surface area (Å²) in [7, 11) is 0. The van der Waals surface area contributed by atoms with Crippen LogP contribution in [-0.4, -0.2) is 30.9 Å². The van der Waals surface area contributed by atoms with E-state index in [9.17, 15) is 9.59 Å². The van der Waals surface area contributed by atoms with Gasteiger partial charge < -0.3 is 16.4 Å². The molecule has 22 heavy (non-hydrogen) atoms. The lowest BCUT2D eigenvalue weighted by Gasteiger charge is -2.11. The van der Waals surface area contributed by atoms with E-state index in [1.54, 1.807) is 0 Å². The van der Waals surface area contributed by atoms with Crippen LogP contribution in [-0.2, 0) is 16.0 Å². The van der Waals surface area contributed by atoms with Crippen molar-refractivity contribution in [3.05, 3.63) is 35.9 Å². The number of amides is 2. The summed E-state index contributed by atoms with van der Waals surface area (Å²) < 4.78 is 0. The van der Waals surface area contributed by atoms with Gasteiger partial charge in [-0.1, -0.05) is 30.3 Å². The number of carbonyl (C=O) groups excluding carboxylic acids is 2. The third kappa shape index (κ3) is 6.91. The number of hydrogen-bond donors (Lipinski definition) is 3. The van der Waals surface area contributed by atoms with Crippen LogP contribution in [0, 0.1) is 5.92 Å². The Labute approximate surface area is 137 Å². The molecule has 1 aliphatic rings. The first-order valence-corrected chi connectivity index (χ1v) is 7.48. The van der Waals surface area contributed by atoms with Crippen molar-refractivity contribution in [3.63, 3.8) is 0 Å². The highest BCUT2D eigenvalue weighted by Crippen LogP contribution is 2.31. The number of hydrogen-bond acceptors (Lipinski definition) is 3. The number of benzene rings is 1. The zero-order valence-electron chi connectivity index (χ0n) is 12.6. The minimum absolute atomic E-state index is 0. The lowest BCUT2D eigenvalue weighted by atomic mass is 10.1. The Morgan fingerprint density at radius 1 is 1.14 bits per heavy atom. The van der Waals surface area contributed by atoms with Gasteiger partial charge >= 0.3 is 0 Å².